The highest BCUT2D eigenvalue weighted by molar-refractivity contribution is 6.76. The van der Waals surface area contributed by atoms with Crippen molar-refractivity contribution < 1.29 is 14.2 Å². The van der Waals surface area contributed by atoms with Crippen LogP contribution in [0.4, 0.5) is 0 Å². The molecule has 0 fully saturated rings. The summed E-state index contributed by atoms with van der Waals surface area (Å²) in [6, 6.07) is 0. The molecule has 0 aromatic heterocycles. The first-order chi connectivity index (χ1) is 7.32. The van der Waals surface area contributed by atoms with Crippen molar-refractivity contribution in [1.82, 2.24) is 0 Å². The molecular weight excluding hydrogens is 276 g/mol. The molecule has 0 aliphatic heterocycles. The van der Waals surface area contributed by atoms with Gasteiger partial charge in [-0.25, -0.2) is 0 Å². The summed E-state index contributed by atoms with van der Waals surface area (Å²) in [5, 5.41) is 7.39. The molecular formula is C9H14Cl3NO3. The zero-order valence-electron chi connectivity index (χ0n) is 9.00. The summed E-state index contributed by atoms with van der Waals surface area (Å²) >= 11 is 16.4. The fourth-order valence-electron chi connectivity index (χ4n) is 0.809. The van der Waals surface area contributed by atoms with Gasteiger partial charge < -0.3 is 14.2 Å². The third kappa shape index (κ3) is 5.92. The number of alkyl halides is 3. The van der Waals surface area contributed by atoms with E-state index >= 15 is 0 Å². The maximum Gasteiger partial charge on any atom is 0.265 e. The molecule has 0 amide bonds. The van der Waals surface area contributed by atoms with Gasteiger partial charge >= 0.3 is 0 Å². The smallest absolute Gasteiger partial charge is 0.265 e. The second-order valence-corrected chi connectivity index (χ2v) is 5.20. The average molecular weight is 291 g/mol. The van der Waals surface area contributed by atoms with Crippen LogP contribution >= 0.6 is 34.8 Å². The SMILES string of the molecule is C=C[C@H](OC(=N)C(Cl)(Cl)Cl)[C@H](C)OCOC. The van der Waals surface area contributed by atoms with Gasteiger partial charge in [0.1, 0.15) is 12.9 Å². The van der Waals surface area contributed by atoms with Gasteiger partial charge in [-0.15, -0.1) is 0 Å². The van der Waals surface area contributed by atoms with Crippen molar-refractivity contribution in [2.45, 2.75) is 22.9 Å². The molecule has 4 nitrogen and oxygen atoms in total. The summed E-state index contributed by atoms with van der Waals surface area (Å²) in [5.74, 6) is -0.477. The number of ether oxygens (including phenoxy) is 3. The van der Waals surface area contributed by atoms with E-state index in [1.54, 1.807) is 6.92 Å². The Bertz CT molecular complexity index is 243. The first-order valence-corrected chi connectivity index (χ1v) is 5.51. The minimum absolute atomic E-state index is 0.107. The van der Waals surface area contributed by atoms with Crippen molar-refractivity contribution in [2.24, 2.45) is 0 Å². The lowest BCUT2D eigenvalue weighted by Gasteiger charge is -2.24. The molecule has 0 bridgehead atoms. The zero-order chi connectivity index (χ0) is 12.8. The molecule has 7 heteroatoms. The topological polar surface area (TPSA) is 51.5 Å². The van der Waals surface area contributed by atoms with Crippen LogP contribution in [0.5, 0.6) is 0 Å². The lowest BCUT2D eigenvalue weighted by molar-refractivity contribution is -0.0921. The van der Waals surface area contributed by atoms with Gasteiger partial charge in [0, 0.05) is 7.11 Å². The Hall–Kier alpha value is -0.0000000000000000416. The molecule has 0 radical (unpaired) electrons. The van der Waals surface area contributed by atoms with Gasteiger partial charge in [-0.1, -0.05) is 41.4 Å². The number of methoxy groups -OCH3 is 1. The quantitative estimate of drug-likeness (QED) is 0.269. The van der Waals surface area contributed by atoms with E-state index in [2.05, 4.69) is 6.58 Å². The highest BCUT2D eigenvalue weighted by Crippen LogP contribution is 2.28. The van der Waals surface area contributed by atoms with E-state index in [9.17, 15) is 0 Å². The van der Waals surface area contributed by atoms with E-state index in [0.717, 1.165) is 0 Å². The third-order valence-corrected chi connectivity index (χ3v) is 2.17. The van der Waals surface area contributed by atoms with Gasteiger partial charge in [0.25, 0.3) is 3.79 Å². The molecule has 0 spiro atoms. The highest BCUT2D eigenvalue weighted by atomic mass is 35.6. The highest BCUT2D eigenvalue weighted by Gasteiger charge is 2.31. The number of halogens is 3. The van der Waals surface area contributed by atoms with E-state index in [0.29, 0.717) is 0 Å². The molecule has 0 aromatic carbocycles. The van der Waals surface area contributed by atoms with Crippen LogP contribution in [0, 0.1) is 5.41 Å². The standard InChI is InChI=1S/C9H14Cl3NO3/c1-4-7(6(2)15-5-14-3)16-8(13)9(10,11)12/h4,6-7,13H,1,5H2,2-3H3/t6-,7-/m0/s1. The van der Waals surface area contributed by atoms with Gasteiger partial charge in [-0.3, -0.25) is 5.41 Å². The van der Waals surface area contributed by atoms with E-state index in [1.165, 1.54) is 13.2 Å². The summed E-state index contributed by atoms with van der Waals surface area (Å²) in [6.45, 7) is 5.39. The lowest BCUT2D eigenvalue weighted by Crippen LogP contribution is -2.34. The van der Waals surface area contributed by atoms with Crippen LogP contribution in [0.1, 0.15) is 6.92 Å². The summed E-state index contributed by atoms with van der Waals surface area (Å²) in [4.78, 5) is 0. The maximum absolute atomic E-state index is 7.39. The van der Waals surface area contributed by atoms with Gasteiger partial charge in [0.15, 0.2) is 0 Å². The van der Waals surface area contributed by atoms with Gasteiger partial charge in [-0.05, 0) is 13.0 Å². The Morgan fingerprint density at radius 3 is 2.44 bits per heavy atom. The Labute approximate surface area is 110 Å². The number of hydrogen-bond donors (Lipinski definition) is 1. The first kappa shape index (κ1) is 16.0. The Morgan fingerprint density at radius 1 is 1.50 bits per heavy atom. The summed E-state index contributed by atoms with van der Waals surface area (Å²) in [5.41, 5.74) is 0. The van der Waals surface area contributed by atoms with Crippen LogP contribution in [0.15, 0.2) is 12.7 Å². The molecule has 0 aliphatic carbocycles. The molecule has 0 unspecified atom stereocenters. The summed E-state index contributed by atoms with van der Waals surface area (Å²) in [6.07, 6.45) is 0.508. The van der Waals surface area contributed by atoms with Crippen molar-refractivity contribution in [3.8, 4) is 0 Å². The van der Waals surface area contributed by atoms with Crippen molar-refractivity contribution in [3.05, 3.63) is 12.7 Å². The van der Waals surface area contributed by atoms with Crippen LogP contribution in [0.2, 0.25) is 0 Å². The fourth-order valence-corrected chi connectivity index (χ4v) is 0.942. The van der Waals surface area contributed by atoms with Crippen molar-refractivity contribution in [1.29, 1.82) is 5.41 Å². The normalized spacial score (nSPS) is 15.3. The molecule has 2 atom stereocenters. The molecule has 0 aliphatic rings. The largest absolute Gasteiger partial charge is 0.468 e. The number of rotatable bonds is 6. The third-order valence-electron chi connectivity index (χ3n) is 1.66. The molecule has 1 N–H and O–H groups in total. The predicted molar refractivity (Wildman–Crippen MR) is 65.5 cm³/mol. The first-order valence-electron chi connectivity index (χ1n) is 4.38. The lowest BCUT2D eigenvalue weighted by atomic mass is 10.2. The van der Waals surface area contributed by atoms with Crippen molar-refractivity contribution >= 4 is 40.7 Å². The van der Waals surface area contributed by atoms with Gasteiger partial charge in [0.05, 0.1) is 6.10 Å². The molecule has 16 heavy (non-hydrogen) atoms. The molecule has 0 rings (SSSR count). The molecule has 0 saturated heterocycles. The monoisotopic (exact) mass is 289 g/mol. The minimum atomic E-state index is -1.89. The molecule has 0 heterocycles. The number of nitrogens with one attached hydrogen (secondary N) is 1. The van der Waals surface area contributed by atoms with E-state index in [1.807, 2.05) is 0 Å². The number of hydrogen-bond acceptors (Lipinski definition) is 4. The minimum Gasteiger partial charge on any atom is -0.468 e. The van der Waals surface area contributed by atoms with Gasteiger partial charge in [-0.2, -0.15) is 0 Å². The maximum atomic E-state index is 7.39. The van der Waals surface area contributed by atoms with Crippen molar-refractivity contribution in [3.63, 3.8) is 0 Å². The van der Waals surface area contributed by atoms with Crippen LogP contribution in [-0.4, -0.2) is 35.8 Å². The van der Waals surface area contributed by atoms with E-state index in [-0.39, 0.29) is 12.9 Å². The van der Waals surface area contributed by atoms with Crippen LogP contribution in [0.25, 0.3) is 0 Å². The summed E-state index contributed by atoms with van der Waals surface area (Å²) in [7, 11) is 1.50. The fraction of sp³-hybridized carbons (Fsp3) is 0.667. The van der Waals surface area contributed by atoms with Crippen LogP contribution in [-0.2, 0) is 14.2 Å². The van der Waals surface area contributed by atoms with Crippen molar-refractivity contribution in [2.75, 3.05) is 13.9 Å². The van der Waals surface area contributed by atoms with Gasteiger partial charge in [0.2, 0.25) is 5.90 Å². The van der Waals surface area contributed by atoms with E-state index in [4.69, 9.17) is 54.4 Å². The van der Waals surface area contributed by atoms with Crippen LogP contribution in [0.3, 0.4) is 0 Å². The Kier molecular flexibility index (Phi) is 7.35. The molecule has 94 valence electrons. The zero-order valence-corrected chi connectivity index (χ0v) is 11.3. The second-order valence-electron chi connectivity index (χ2n) is 2.92. The summed E-state index contributed by atoms with van der Waals surface area (Å²) < 4.78 is 13.2. The molecule has 0 saturated carbocycles. The Balaban J connectivity index is 4.29. The second kappa shape index (κ2) is 7.35. The molecule has 0 aromatic rings. The average Bonchev–Trinajstić information content (AvgIpc) is 2.20. The predicted octanol–water partition coefficient (Wildman–Crippen LogP) is 2.91. The Morgan fingerprint density at radius 2 is 2.06 bits per heavy atom. The van der Waals surface area contributed by atoms with E-state index < -0.39 is 15.8 Å². The van der Waals surface area contributed by atoms with Crippen LogP contribution < -0.4 is 0 Å².